The van der Waals surface area contributed by atoms with E-state index in [2.05, 4.69) is 5.32 Å². The van der Waals surface area contributed by atoms with Crippen LogP contribution in [-0.2, 0) is 36.2 Å². The van der Waals surface area contributed by atoms with Gasteiger partial charge in [0.05, 0.1) is 4.90 Å². The molecule has 0 bridgehead atoms. The molecule has 0 amide bonds. The number of benzene rings is 4. The van der Waals surface area contributed by atoms with Gasteiger partial charge in [-0.2, -0.15) is 4.31 Å². The van der Waals surface area contributed by atoms with Crippen molar-refractivity contribution in [2.45, 2.75) is 31.1 Å². The quantitative estimate of drug-likeness (QED) is 0.228. The third-order valence-electron chi connectivity index (χ3n) is 5.66. The summed E-state index contributed by atoms with van der Waals surface area (Å²) in [7, 11) is -3.95. The Morgan fingerprint density at radius 2 is 1.19 bits per heavy atom. The zero-order chi connectivity index (χ0) is 26.4. The van der Waals surface area contributed by atoms with Crippen LogP contribution in [0.4, 0.5) is 8.78 Å². The van der Waals surface area contributed by atoms with Gasteiger partial charge in [-0.3, -0.25) is 0 Å². The summed E-state index contributed by atoms with van der Waals surface area (Å²) in [4.78, 5) is 0.129. The van der Waals surface area contributed by atoms with Gasteiger partial charge in [0.15, 0.2) is 0 Å². The number of rotatable bonds is 10. The van der Waals surface area contributed by atoms with E-state index >= 15 is 0 Å². The fourth-order valence-corrected chi connectivity index (χ4v) is 5.90. The van der Waals surface area contributed by atoms with Gasteiger partial charge in [0.25, 0.3) is 0 Å². The maximum absolute atomic E-state index is 13.8. The van der Waals surface area contributed by atoms with Crippen LogP contribution in [0, 0.1) is 11.6 Å². The van der Waals surface area contributed by atoms with Gasteiger partial charge in [-0.25, -0.2) is 17.2 Å². The first-order chi connectivity index (χ1) is 17.7. The molecule has 0 unspecified atom stereocenters. The predicted octanol–water partition coefficient (Wildman–Crippen LogP) is 6.95. The average Bonchev–Trinajstić information content (AvgIpc) is 2.86. The molecule has 1 N–H and O–H groups in total. The van der Waals surface area contributed by atoms with Gasteiger partial charge >= 0.3 is 0 Å². The minimum atomic E-state index is -3.95. The lowest BCUT2D eigenvalue weighted by molar-refractivity contribution is 0.401. The summed E-state index contributed by atoms with van der Waals surface area (Å²) in [5.74, 6) is -0.701. The molecule has 0 spiro atoms. The van der Waals surface area contributed by atoms with E-state index in [1.54, 1.807) is 60.7 Å². The molecule has 0 heterocycles. The highest BCUT2D eigenvalue weighted by Gasteiger charge is 2.25. The summed E-state index contributed by atoms with van der Waals surface area (Å²) in [6.07, 6.45) is 0. The van der Waals surface area contributed by atoms with Gasteiger partial charge in [0, 0.05) is 36.2 Å². The Bertz CT molecular complexity index is 1440. The van der Waals surface area contributed by atoms with Gasteiger partial charge < -0.3 is 5.32 Å². The first-order valence-electron chi connectivity index (χ1n) is 11.4. The van der Waals surface area contributed by atoms with Crippen LogP contribution in [0.1, 0.15) is 22.3 Å². The number of hydrogen-bond donors (Lipinski definition) is 1. The maximum atomic E-state index is 13.8. The minimum Gasteiger partial charge on any atom is -0.309 e. The summed E-state index contributed by atoms with van der Waals surface area (Å²) >= 11 is 12.3. The van der Waals surface area contributed by atoms with Crippen LogP contribution in [-0.4, -0.2) is 12.7 Å². The number of sulfonamides is 1. The Hall–Kier alpha value is -2.81. The molecule has 0 aliphatic carbocycles. The molecule has 0 saturated heterocycles. The van der Waals surface area contributed by atoms with E-state index in [4.69, 9.17) is 23.2 Å². The minimum absolute atomic E-state index is 0.0209. The molecule has 0 aromatic heterocycles. The molecule has 4 aromatic carbocycles. The van der Waals surface area contributed by atoms with Gasteiger partial charge in [0.1, 0.15) is 11.6 Å². The number of halogens is 4. The van der Waals surface area contributed by atoms with Crippen molar-refractivity contribution in [3.05, 3.63) is 135 Å². The first-order valence-corrected chi connectivity index (χ1v) is 13.6. The number of nitrogens with one attached hydrogen (secondary N) is 1. The van der Waals surface area contributed by atoms with Crippen molar-refractivity contribution in [2.75, 3.05) is 0 Å². The van der Waals surface area contributed by atoms with E-state index in [-0.39, 0.29) is 23.8 Å². The van der Waals surface area contributed by atoms with Gasteiger partial charge in [-0.15, -0.1) is 0 Å². The summed E-state index contributed by atoms with van der Waals surface area (Å²) in [6.45, 7) is 0.971. The lowest BCUT2D eigenvalue weighted by Gasteiger charge is -2.23. The first kappa shape index (κ1) is 27.2. The summed E-state index contributed by atoms with van der Waals surface area (Å²) in [5.41, 5.74) is 2.95. The van der Waals surface area contributed by atoms with Crippen LogP contribution >= 0.6 is 23.2 Å². The molecule has 0 fully saturated rings. The van der Waals surface area contributed by atoms with Crippen molar-refractivity contribution < 1.29 is 17.2 Å². The van der Waals surface area contributed by atoms with E-state index in [9.17, 15) is 17.2 Å². The molecule has 0 aliphatic rings. The fourth-order valence-electron chi connectivity index (χ4n) is 3.84. The monoisotopic (exact) mass is 560 g/mol. The van der Waals surface area contributed by atoms with Gasteiger partial charge in [-0.05, 0) is 76.9 Å². The smallest absolute Gasteiger partial charge is 0.243 e. The molecule has 0 atom stereocenters. The highest BCUT2D eigenvalue weighted by Crippen LogP contribution is 2.25. The molecule has 4 nitrogen and oxygen atoms in total. The molecule has 0 aliphatic heterocycles. The molecule has 37 heavy (non-hydrogen) atoms. The lowest BCUT2D eigenvalue weighted by Crippen LogP contribution is -2.30. The average molecular weight is 561 g/mol. The second-order valence-electron chi connectivity index (χ2n) is 8.55. The SMILES string of the molecule is O=S(=O)(c1cccc(CNCc2ccc(F)cc2)c1)N(Cc1ccc(F)cc1)Cc1cc(Cl)cc(Cl)c1. The Morgan fingerprint density at radius 1 is 0.649 bits per heavy atom. The normalized spacial score (nSPS) is 11.7. The Labute approximate surface area is 225 Å². The maximum Gasteiger partial charge on any atom is 0.243 e. The molecule has 4 rings (SSSR count). The molecule has 4 aromatic rings. The van der Waals surface area contributed by atoms with Crippen LogP contribution in [0.15, 0.2) is 95.9 Å². The standard InChI is InChI=1S/C28H24Cl2F2N2O2S/c29-24-12-23(13-25(30)15-24)19-34(18-21-6-10-27(32)11-7-21)37(35,36)28-3-1-2-22(14-28)17-33-16-20-4-8-26(31)9-5-20/h1-15,33H,16-19H2. The van der Waals surface area contributed by atoms with Crippen molar-refractivity contribution in [1.29, 1.82) is 0 Å². The van der Waals surface area contributed by atoms with E-state index < -0.39 is 15.8 Å². The van der Waals surface area contributed by atoms with Gasteiger partial charge in [-0.1, -0.05) is 59.6 Å². The second-order valence-corrected chi connectivity index (χ2v) is 11.4. The predicted molar refractivity (Wildman–Crippen MR) is 143 cm³/mol. The fraction of sp³-hybridized carbons (Fsp3) is 0.143. The van der Waals surface area contributed by atoms with Crippen molar-refractivity contribution in [2.24, 2.45) is 0 Å². The van der Waals surface area contributed by atoms with E-state index in [1.165, 1.54) is 28.6 Å². The Kier molecular flexibility index (Phi) is 8.95. The Morgan fingerprint density at radius 3 is 1.81 bits per heavy atom. The van der Waals surface area contributed by atoms with Crippen LogP contribution in [0.5, 0.6) is 0 Å². The highest BCUT2D eigenvalue weighted by atomic mass is 35.5. The summed E-state index contributed by atoms with van der Waals surface area (Å²) in [5, 5.41) is 4.04. The molecule has 0 radical (unpaired) electrons. The van der Waals surface area contributed by atoms with Crippen molar-refractivity contribution in [3.63, 3.8) is 0 Å². The van der Waals surface area contributed by atoms with Crippen LogP contribution < -0.4 is 5.32 Å². The zero-order valence-electron chi connectivity index (χ0n) is 19.7. The second kappa shape index (κ2) is 12.2. The van der Waals surface area contributed by atoms with Crippen molar-refractivity contribution >= 4 is 33.2 Å². The molecular formula is C28H24Cl2F2N2O2S. The topological polar surface area (TPSA) is 49.4 Å². The number of hydrogen-bond acceptors (Lipinski definition) is 3. The third kappa shape index (κ3) is 7.60. The van der Waals surface area contributed by atoms with E-state index in [0.717, 1.165) is 11.1 Å². The van der Waals surface area contributed by atoms with Crippen molar-refractivity contribution in [3.8, 4) is 0 Å². The zero-order valence-corrected chi connectivity index (χ0v) is 22.0. The lowest BCUT2D eigenvalue weighted by atomic mass is 10.2. The largest absolute Gasteiger partial charge is 0.309 e. The molecule has 9 heteroatoms. The molecular weight excluding hydrogens is 537 g/mol. The third-order valence-corrected chi connectivity index (χ3v) is 7.89. The van der Waals surface area contributed by atoms with Crippen LogP contribution in [0.3, 0.4) is 0 Å². The molecule has 192 valence electrons. The molecule has 0 saturated carbocycles. The summed E-state index contributed by atoms with van der Waals surface area (Å²) in [6, 6.07) is 23.5. The Balaban J connectivity index is 1.57. The van der Waals surface area contributed by atoms with Crippen molar-refractivity contribution in [1.82, 2.24) is 9.62 Å². The highest BCUT2D eigenvalue weighted by molar-refractivity contribution is 7.89. The van der Waals surface area contributed by atoms with Crippen LogP contribution in [0.2, 0.25) is 10.0 Å². The summed E-state index contributed by atoms with van der Waals surface area (Å²) < 4.78 is 55.5. The van der Waals surface area contributed by atoms with Crippen LogP contribution in [0.25, 0.3) is 0 Å². The number of nitrogens with zero attached hydrogens (tertiary/aromatic N) is 1. The van der Waals surface area contributed by atoms with Gasteiger partial charge in [0.2, 0.25) is 10.0 Å². The van der Waals surface area contributed by atoms with E-state index in [1.807, 2.05) is 6.07 Å². The van der Waals surface area contributed by atoms with E-state index in [0.29, 0.717) is 34.3 Å².